The van der Waals surface area contributed by atoms with Crippen LogP contribution in [0.25, 0.3) is 0 Å². The number of carbonyl (C=O) groups is 2. The number of nitrogens with zero attached hydrogens (tertiary/aromatic N) is 1. The number of ketones is 1. The van der Waals surface area contributed by atoms with Crippen molar-refractivity contribution in [2.75, 3.05) is 6.54 Å². The highest BCUT2D eigenvalue weighted by Crippen LogP contribution is 2.24. The Morgan fingerprint density at radius 3 is 2.81 bits per heavy atom. The molecule has 0 radical (unpaired) electrons. The van der Waals surface area contributed by atoms with Gasteiger partial charge in [0.15, 0.2) is 5.78 Å². The zero-order valence-electron chi connectivity index (χ0n) is 15.2. The van der Waals surface area contributed by atoms with Crippen LogP contribution < -0.4 is 5.56 Å². The standard InChI is InChI=1S/C20H24N2O3S/c1-13-17(14(2)23)12-18(19(24)21-13)20(25)22-10-4-3-6-15(22)8-9-16-7-5-11-26-16/h5,7,11-12,15H,3-4,6,8-10H2,1-2H3,(H,21,24). The van der Waals surface area contributed by atoms with Gasteiger partial charge in [0, 0.05) is 28.7 Å². The minimum Gasteiger partial charge on any atom is -0.335 e. The average molecular weight is 372 g/mol. The number of hydrogen-bond acceptors (Lipinski definition) is 4. The number of thiophene rings is 1. The maximum Gasteiger partial charge on any atom is 0.261 e. The van der Waals surface area contributed by atoms with Crippen LogP contribution in [0.2, 0.25) is 0 Å². The molecular weight excluding hydrogens is 348 g/mol. The lowest BCUT2D eigenvalue weighted by molar-refractivity contribution is 0.0600. The Bertz CT molecular complexity index is 854. The molecule has 1 saturated heterocycles. The van der Waals surface area contributed by atoms with Crippen LogP contribution >= 0.6 is 11.3 Å². The van der Waals surface area contributed by atoms with Gasteiger partial charge in [-0.1, -0.05) is 6.07 Å². The number of aryl methyl sites for hydroxylation is 2. The molecule has 1 fully saturated rings. The van der Waals surface area contributed by atoms with Crippen molar-refractivity contribution >= 4 is 23.0 Å². The van der Waals surface area contributed by atoms with Gasteiger partial charge in [-0.3, -0.25) is 14.4 Å². The summed E-state index contributed by atoms with van der Waals surface area (Å²) in [5.41, 5.74) is 0.566. The van der Waals surface area contributed by atoms with Crippen molar-refractivity contribution in [3.8, 4) is 0 Å². The summed E-state index contributed by atoms with van der Waals surface area (Å²) in [4.78, 5) is 43.0. The van der Waals surface area contributed by atoms with Crippen LogP contribution in [0.4, 0.5) is 0 Å². The van der Waals surface area contributed by atoms with Gasteiger partial charge in [-0.05, 0) is 63.5 Å². The van der Waals surface area contributed by atoms with E-state index >= 15 is 0 Å². The Kier molecular flexibility index (Phi) is 5.71. The van der Waals surface area contributed by atoms with E-state index in [2.05, 4.69) is 16.4 Å². The number of piperidine rings is 1. The van der Waals surface area contributed by atoms with Crippen molar-refractivity contribution in [3.05, 3.63) is 55.6 Å². The predicted molar refractivity (Wildman–Crippen MR) is 103 cm³/mol. The first-order valence-corrected chi connectivity index (χ1v) is 9.93. The third-order valence-corrected chi connectivity index (χ3v) is 5.98. The first kappa shape index (κ1) is 18.6. The molecular formula is C20H24N2O3S. The SMILES string of the molecule is CC(=O)c1cc(C(=O)N2CCCCC2CCc2cccs2)c(=O)[nH]c1C. The van der Waals surface area contributed by atoms with Gasteiger partial charge in [-0.15, -0.1) is 11.3 Å². The van der Waals surface area contributed by atoms with E-state index < -0.39 is 5.56 Å². The number of H-pyrrole nitrogens is 1. The molecule has 0 spiro atoms. The molecule has 1 aliphatic rings. The minimum atomic E-state index is -0.417. The number of aromatic amines is 1. The zero-order valence-corrected chi connectivity index (χ0v) is 16.0. The van der Waals surface area contributed by atoms with Crippen LogP contribution in [0.5, 0.6) is 0 Å². The molecule has 3 rings (SSSR count). The van der Waals surface area contributed by atoms with E-state index in [0.717, 1.165) is 32.1 Å². The number of nitrogens with one attached hydrogen (secondary N) is 1. The molecule has 3 heterocycles. The fourth-order valence-corrected chi connectivity index (χ4v) is 4.36. The highest BCUT2D eigenvalue weighted by molar-refractivity contribution is 7.09. The van der Waals surface area contributed by atoms with Gasteiger partial charge in [0.2, 0.25) is 0 Å². The van der Waals surface area contributed by atoms with E-state index in [4.69, 9.17) is 0 Å². The zero-order chi connectivity index (χ0) is 18.7. The van der Waals surface area contributed by atoms with Crippen molar-refractivity contribution in [1.29, 1.82) is 0 Å². The van der Waals surface area contributed by atoms with Gasteiger partial charge in [0.05, 0.1) is 0 Å². The van der Waals surface area contributed by atoms with Crippen LogP contribution in [0.1, 0.15) is 63.9 Å². The number of hydrogen-bond donors (Lipinski definition) is 1. The molecule has 0 aliphatic carbocycles. The lowest BCUT2D eigenvalue weighted by atomic mass is 9.96. The summed E-state index contributed by atoms with van der Waals surface area (Å²) in [6.45, 7) is 3.79. The van der Waals surface area contributed by atoms with Crippen LogP contribution in [0.3, 0.4) is 0 Å². The minimum absolute atomic E-state index is 0.0730. The van der Waals surface area contributed by atoms with Gasteiger partial charge in [-0.25, -0.2) is 0 Å². The van der Waals surface area contributed by atoms with Crippen molar-refractivity contribution in [2.24, 2.45) is 0 Å². The number of Topliss-reactive ketones (excluding diaryl/α,β-unsaturated/α-hetero) is 1. The number of rotatable bonds is 5. The number of pyridine rings is 1. The van der Waals surface area contributed by atoms with Gasteiger partial charge in [0.1, 0.15) is 5.56 Å². The summed E-state index contributed by atoms with van der Waals surface area (Å²) >= 11 is 1.73. The maximum absolute atomic E-state index is 13.1. The monoisotopic (exact) mass is 372 g/mol. The second kappa shape index (κ2) is 7.99. The second-order valence-corrected chi connectivity index (χ2v) is 7.91. The molecule has 5 nitrogen and oxygen atoms in total. The quantitative estimate of drug-likeness (QED) is 0.816. The fourth-order valence-electron chi connectivity index (χ4n) is 3.63. The van der Waals surface area contributed by atoms with E-state index in [9.17, 15) is 14.4 Å². The predicted octanol–water partition coefficient (Wildman–Crippen LogP) is 3.57. The van der Waals surface area contributed by atoms with Crippen molar-refractivity contribution < 1.29 is 9.59 Å². The van der Waals surface area contributed by atoms with E-state index in [1.54, 1.807) is 18.3 Å². The highest BCUT2D eigenvalue weighted by atomic mass is 32.1. The topological polar surface area (TPSA) is 70.2 Å². The second-order valence-electron chi connectivity index (χ2n) is 6.87. The summed E-state index contributed by atoms with van der Waals surface area (Å²) in [5, 5.41) is 2.06. The largest absolute Gasteiger partial charge is 0.335 e. The normalized spacial score (nSPS) is 17.3. The Labute approximate surface area is 157 Å². The molecule has 1 atom stereocenters. The lowest BCUT2D eigenvalue weighted by Gasteiger charge is -2.36. The average Bonchev–Trinajstić information content (AvgIpc) is 3.13. The number of amides is 1. The highest BCUT2D eigenvalue weighted by Gasteiger charge is 2.29. The van der Waals surface area contributed by atoms with Gasteiger partial charge >= 0.3 is 0 Å². The number of aromatic nitrogens is 1. The fraction of sp³-hybridized carbons (Fsp3) is 0.450. The van der Waals surface area contributed by atoms with Crippen LogP contribution in [0, 0.1) is 6.92 Å². The summed E-state index contributed by atoms with van der Waals surface area (Å²) in [6.07, 6.45) is 4.84. The van der Waals surface area contributed by atoms with E-state index in [0.29, 0.717) is 17.8 Å². The molecule has 2 aromatic rings. The van der Waals surface area contributed by atoms with Gasteiger partial charge in [-0.2, -0.15) is 0 Å². The van der Waals surface area contributed by atoms with Crippen LogP contribution in [-0.4, -0.2) is 34.2 Å². The first-order valence-electron chi connectivity index (χ1n) is 9.05. The molecule has 0 bridgehead atoms. The van der Waals surface area contributed by atoms with E-state index in [1.165, 1.54) is 17.9 Å². The molecule has 1 amide bonds. The number of carbonyl (C=O) groups excluding carboxylic acids is 2. The molecule has 138 valence electrons. The van der Waals surface area contributed by atoms with E-state index in [-0.39, 0.29) is 23.3 Å². The summed E-state index contributed by atoms with van der Waals surface area (Å²) in [7, 11) is 0. The van der Waals surface area contributed by atoms with Crippen LogP contribution in [0.15, 0.2) is 28.4 Å². The Balaban J connectivity index is 1.83. The van der Waals surface area contributed by atoms with Crippen LogP contribution in [-0.2, 0) is 6.42 Å². The van der Waals surface area contributed by atoms with Crippen molar-refractivity contribution in [2.45, 2.75) is 52.0 Å². The van der Waals surface area contributed by atoms with E-state index in [1.807, 2.05) is 11.0 Å². The molecule has 1 aliphatic heterocycles. The third kappa shape index (κ3) is 3.96. The first-order chi connectivity index (χ1) is 12.5. The van der Waals surface area contributed by atoms with Crippen molar-refractivity contribution in [1.82, 2.24) is 9.88 Å². The smallest absolute Gasteiger partial charge is 0.261 e. The van der Waals surface area contributed by atoms with Crippen molar-refractivity contribution in [3.63, 3.8) is 0 Å². The van der Waals surface area contributed by atoms with Gasteiger partial charge < -0.3 is 9.88 Å². The Morgan fingerprint density at radius 1 is 1.31 bits per heavy atom. The Hall–Kier alpha value is -2.21. The third-order valence-electron chi connectivity index (χ3n) is 5.04. The lowest BCUT2D eigenvalue weighted by Crippen LogP contribution is -2.45. The molecule has 1 unspecified atom stereocenters. The maximum atomic E-state index is 13.1. The summed E-state index contributed by atoms with van der Waals surface area (Å²) < 4.78 is 0. The molecule has 26 heavy (non-hydrogen) atoms. The summed E-state index contributed by atoms with van der Waals surface area (Å²) in [6, 6.07) is 5.76. The molecule has 6 heteroatoms. The molecule has 0 saturated carbocycles. The Morgan fingerprint density at radius 2 is 2.12 bits per heavy atom. The molecule has 0 aromatic carbocycles. The number of likely N-dealkylation sites (tertiary alicyclic amines) is 1. The molecule has 2 aromatic heterocycles. The van der Waals surface area contributed by atoms with Gasteiger partial charge in [0.25, 0.3) is 11.5 Å². The molecule has 1 N–H and O–H groups in total. The summed E-state index contributed by atoms with van der Waals surface area (Å²) in [5.74, 6) is -0.412.